The van der Waals surface area contributed by atoms with Crippen LogP contribution < -0.4 is 10.3 Å². The normalized spacial score (nSPS) is 11.7. The third-order valence-electron chi connectivity index (χ3n) is 5.12. The highest BCUT2D eigenvalue weighted by Crippen LogP contribution is 2.41. The van der Waals surface area contributed by atoms with Gasteiger partial charge in [0.25, 0.3) is 11.2 Å². The molecule has 0 bridgehead atoms. The lowest BCUT2D eigenvalue weighted by atomic mass is 10.0. The first-order valence-corrected chi connectivity index (χ1v) is 9.07. The van der Waals surface area contributed by atoms with E-state index in [1.54, 1.807) is 18.2 Å². The first-order valence-electron chi connectivity index (χ1n) is 9.07. The van der Waals surface area contributed by atoms with Crippen LogP contribution in [0.3, 0.4) is 0 Å². The predicted molar refractivity (Wildman–Crippen MR) is 109 cm³/mol. The molecule has 0 saturated heterocycles. The number of rotatable bonds is 6. The van der Waals surface area contributed by atoms with Crippen molar-refractivity contribution in [2.24, 2.45) is 5.11 Å². The lowest BCUT2D eigenvalue weighted by Gasteiger charge is -2.15. The molecule has 2 aromatic carbocycles. The minimum absolute atomic E-state index is 0.0971. The second-order valence-electron chi connectivity index (χ2n) is 6.72. The summed E-state index contributed by atoms with van der Waals surface area (Å²) in [4.78, 5) is 39.8. The van der Waals surface area contributed by atoms with Crippen molar-refractivity contribution in [3.8, 4) is 17.0 Å². The Balaban J connectivity index is 2.05. The second kappa shape index (κ2) is 7.34. The van der Waals surface area contributed by atoms with Crippen molar-refractivity contribution in [2.45, 2.75) is 13.0 Å². The number of hydrogen-bond acceptors (Lipinski definition) is 6. The summed E-state index contributed by atoms with van der Waals surface area (Å²) in [6.45, 7) is 0.354. The molecule has 4 rings (SSSR count). The summed E-state index contributed by atoms with van der Waals surface area (Å²) in [5.74, 6) is 0.275. The van der Waals surface area contributed by atoms with E-state index in [9.17, 15) is 19.7 Å². The van der Waals surface area contributed by atoms with Gasteiger partial charge in [-0.05, 0) is 36.2 Å². The van der Waals surface area contributed by atoms with E-state index in [-0.39, 0.29) is 29.9 Å². The van der Waals surface area contributed by atoms with E-state index in [1.807, 2.05) is 0 Å². The third kappa shape index (κ3) is 2.87. The Labute approximate surface area is 169 Å². The summed E-state index contributed by atoms with van der Waals surface area (Å²) >= 11 is 0. The Hall–Kier alpha value is -4.17. The molecule has 150 valence electrons. The van der Waals surface area contributed by atoms with Crippen molar-refractivity contribution < 1.29 is 14.5 Å². The maximum atomic E-state index is 13.3. The molecule has 10 heteroatoms. The van der Waals surface area contributed by atoms with E-state index in [1.165, 1.54) is 29.9 Å². The van der Waals surface area contributed by atoms with Gasteiger partial charge < -0.3 is 9.30 Å². The van der Waals surface area contributed by atoms with Crippen LogP contribution in [0.15, 0.2) is 46.3 Å². The monoisotopic (exact) mass is 405 g/mol. The highest BCUT2D eigenvalue weighted by atomic mass is 16.6. The fraction of sp³-hybridized carbons (Fsp3) is 0.200. The van der Waals surface area contributed by atoms with Gasteiger partial charge in [-0.2, -0.15) is 0 Å². The summed E-state index contributed by atoms with van der Waals surface area (Å²) in [5.41, 5.74) is 9.57. The number of carbonyl (C=O) groups is 1. The van der Waals surface area contributed by atoms with Crippen molar-refractivity contribution >= 4 is 22.2 Å². The molecule has 0 N–H and O–H groups in total. The zero-order valence-electron chi connectivity index (χ0n) is 15.9. The number of nitro groups is 1. The molecule has 0 spiro atoms. The summed E-state index contributed by atoms with van der Waals surface area (Å²) in [6, 6.07) is 8.92. The molecule has 1 aromatic heterocycles. The van der Waals surface area contributed by atoms with Crippen LogP contribution in [0, 0.1) is 10.1 Å². The number of benzene rings is 2. The molecule has 30 heavy (non-hydrogen) atoms. The molecular weight excluding hydrogens is 390 g/mol. The number of azide groups is 1. The SMILES string of the molecule is COc1ccc2c(c1)-c1c(c3ccc([N+](=O)[O-])cc3c(=O)n1CCCN=[N+]=[N-])C2=O. The van der Waals surface area contributed by atoms with Gasteiger partial charge in [-0.1, -0.05) is 5.11 Å². The summed E-state index contributed by atoms with van der Waals surface area (Å²) in [7, 11) is 1.51. The van der Waals surface area contributed by atoms with Crippen molar-refractivity contribution in [3.05, 3.63) is 78.4 Å². The number of nitrogens with zero attached hydrogens (tertiary/aromatic N) is 5. The molecule has 1 aliphatic rings. The van der Waals surface area contributed by atoms with Gasteiger partial charge in [0.15, 0.2) is 5.78 Å². The number of ether oxygens (including phenoxy) is 1. The number of nitro benzene ring substituents is 1. The summed E-state index contributed by atoms with van der Waals surface area (Å²) in [6.07, 6.45) is 0.365. The molecule has 0 radical (unpaired) electrons. The fourth-order valence-corrected chi connectivity index (χ4v) is 3.80. The molecule has 0 amide bonds. The minimum atomic E-state index is -0.584. The van der Waals surface area contributed by atoms with Crippen LogP contribution in [-0.4, -0.2) is 28.9 Å². The van der Waals surface area contributed by atoms with Crippen molar-refractivity contribution in [3.63, 3.8) is 0 Å². The molecule has 1 heterocycles. The van der Waals surface area contributed by atoms with Crippen molar-refractivity contribution in [1.29, 1.82) is 0 Å². The van der Waals surface area contributed by atoms with E-state index in [0.717, 1.165) is 0 Å². The summed E-state index contributed by atoms with van der Waals surface area (Å²) in [5, 5.41) is 15.2. The molecule has 0 unspecified atom stereocenters. The van der Waals surface area contributed by atoms with Crippen molar-refractivity contribution in [1.82, 2.24) is 4.57 Å². The molecule has 0 saturated carbocycles. The molecule has 10 nitrogen and oxygen atoms in total. The number of hydrogen-bond donors (Lipinski definition) is 0. The smallest absolute Gasteiger partial charge is 0.270 e. The first-order chi connectivity index (χ1) is 14.5. The van der Waals surface area contributed by atoms with E-state index < -0.39 is 10.5 Å². The Kier molecular flexibility index (Phi) is 4.69. The average Bonchev–Trinajstić information content (AvgIpc) is 3.04. The van der Waals surface area contributed by atoms with Gasteiger partial charge in [0, 0.05) is 46.6 Å². The van der Waals surface area contributed by atoms with E-state index in [4.69, 9.17) is 10.3 Å². The van der Waals surface area contributed by atoms with Crippen LogP contribution in [0.1, 0.15) is 22.3 Å². The number of fused-ring (bicyclic) bond motifs is 5. The van der Waals surface area contributed by atoms with Crippen LogP contribution >= 0.6 is 0 Å². The minimum Gasteiger partial charge on any atom is -0.497 e. The number of ketones is 1. The Morgan fingerprint density at radius 2 is 1.97 bits per heavy atom. The van der Waals surface area contributed by atoms with Gasteiger partial charge in [-0.3, -0.25) is 19.7 Å². The molecular formula is C20H15N5O5. The Morgan fingerprint density at radius 3 is 2.67 bits per heavy atom. The lowest BCUT2D eigenvalue weighted by molar-refractivity contribution is -0.384. The summed E-state index contributed by atoms with van der Waals surface area (Å²) < 4.78 is 6.70. The van der Waals surface area contributed by atoms with Gasteiger partial charge in [-0.25, -0.2) is 0 Å². The zero-order chi connectivity index (χ0) is 21.4. The topological polar surface area (TPSA) is 140 Å². The van der Waals surface area contributed by atoms with Gasteiger partial charge in [0.1, 0.15) is 5.75 Å². The standard InChI is InChI=1S/C20H15N5O5/c1-30-12-4-6-14-15(10-12)18-17(19(14)26)13-5-3-11(25(28)29)9-16(13)20(27)24(18)8-2-7-22-23-21/h3-6,9-10H,2,7-8H2,1H3. The molecule has 0 atom stereocenters. The molecule has 0 fully saturated rings. The maximum Gasteiger partial charge on any atom is 0.270 e. The van der Waals surface area contributed by atoms with Crippen LogP contribution in [0.5, 0.6) is 5.75 Å². The van der Waals surface area contributed by atoms with E-state index in [2.05, 4.69) is 10.0 Å². The van der Waals surface area contributed by atoms with Crippen LogP contribution in [0.25, 0.3) is 32.5 Å². The number of carbonyl (C=O) groups excluding carboxylic acids is 1. The zero-order valence-corrected chi connectivity index (χ0v) is 15.9. The van der Waals surface area contributed by atoms with Crippen LogP contribution in [0.4, 0.5) is 5.69 Å². The van der Waals surface area contributed by atoms with Crippen LogP contribution in [0.2, 0.25) is 0 Å². The highest BCUT2D eigenvalue weighted by Gasteiger charge is 2.33. The Bertz CT molecular complexity index is 1340. The number of methoxy groups -OCH3 is 1. The van der Waals surface area contributed by atoms with Crippen LogP contribution in [-0.2, 0) is 6.54 Å². The largest absolute Gasteiger partial charge is 0.497 e. The predicted octanol–water partition coefficient (Wildman–Crippen LogP) is 3.83. The number of aromatic nitrogens is 1. The fourth-order valence-electron chi connectivity index (χ4n) is 3.80. The van der Waals surface area contributed by atoms with Gasteiger partial charge in [0.2, 0.25) is 0 Å². The number of pyridine rings is 1. The average molecular weight is 405 g/mol. The quantitative estimate of drug-likeness (QED) is 0.120. The van der Waals surface area contributed by atoms with E-state index in [0.29, 0.717) is 39.9 Å². The number of non-ortho nitro benzene ring substituents is 1. The Morgan fingerprint density at radius 1 is 1.17 bits per heavy atom. The maximum absolute atomic E-state index is 13.3. The van der Waals surface area contributed by atoms with E-state index >= 15 is 0 Å². The van der Waals surface area contributed by atoms with Gasteiger partial charge in [-0.15, -0.1) is 0 Å². The lowest BCUT2D eigenvalue weighted by Crippen LogP contribution is -2.24. The third-order valence-corrected chi connectivity index (χ3v) is 5.12. The highest BCUT2D eigenvalue weighted by molar-refractivity contribution is 6.26. The second-order valence-corrected chi connectivity index (χ2v) is 6.72. The first kappa shape index (κ1) is 19.2. The van der Waals surface area contributed by atoms with Gasteiger partial charge >= 0.3 is 0 Å². The molecule has 1 aliphatic carbocycles. The molecule has 3 aromatic rings. The molecule has 0 aliphatic heterocycles. The van der Waals surface area contributed by atoms with Gasteiger partial charge in [0.05, 0.1) is 28.7 Å². The van der Waals surface area contributed by atoms with Crippen molar-refractivity contribution in [2.75, 3.05) is 13.7 Å².